The van der Waals surface area contributed by atoms with Crippen LogP contribution in [0.15, 0.2) is 18.2 Å². The van der Waals surface area contributed by atoms with E-state index < -0.39 is 10.8 Å². The lowest BCUT2D eigenvalue weighted by Gasteiger charge is -2.34. The van der Waals surface area contributed by atoms with Crippen LogP contribution in [-0.4, -0.2) is 57.2 Å². The predicted octanol–water partition coefficient (Wildman–Crippen LogP) is 2.06. The van der Waals surface area contributed by atoms with E-state index in [0.717, 1.165) is 25.7 Å². The second-order valence-electron chi connectivity index (χ2n) is 7.59. The number of rotatable bonds is 6. The van der Waals surface area contributed by atoms with Gasteiger partial charge in [0, 0.05) is 19.2 Å². The van der Waals surface area contributed by atoms with Crippen LogP contribution in [0.25, 0.3) is 0 Å². The van der Waals surface area contributed by atoms with E-state index in [-0.39, 0.29) is 11.8 Å². The van der Waals surface area contributed by atoms with Gasteiger partial charge in [0.25, 0.3) is 0 Å². The Morgan fingerprint density at radius 3 is 2.26 bits per heavy atom. The predicted molar refractivity (Wildman–Crippen MR) is 98.9 cm³/mol. The first-order chi connectivity index (χ1) is 13.1. The molecule has 146 valence electrons. The zero-order valence-electron chi connectivity index (χ0n) is 15.9. The fourth-order valence-corrected chi connectivity index (χ4v) is 4.28. The molecule has 1 aliphatic heterocycles. The van der Waals surface area contributed by atoms with Gasteiger partial charge in [-0.05, 0) is 37.8 Å². The molecule has 0 aromatic heterocycles. The quantitative estimate of drug-likeness (QED) is 0.825. The van der Waals surface area contributed by atoms with Crippen LogP contribution in [0.4, 0.5) is 5.69 Å². The molecule has 27 heavy (non-hydrogen) atoms. The Kier molecular flexibility index (Phi) is 4.50. The van der Waals surface area contributed by atoms with Crippen LogP contribution in [0.1, 0.15) is 25.7 Å². The number of nitrogens with zero attached hydrogens (tertiary/aromatic N) is 1. The number of morpholine rings is 1. The molecule has 0 unspecified atom stereocenters. The van der Waals surface area contributed by atoms with Crippen molar-refractivity contribution < 1.29 is 23.8 Å². The van der Waals surface area contributed by atoms with Gasteiger partial charge in [0.1, 0.15) is 11.5 Å². The minimum absolute atomic E-state index is 0.0786. The zero-order valence-corrected chi connectivity index (χ0v) is 15.9. The van der Waals surface area contributed by atoms with E-state index in [1.807, 2.05) is 4.90 Å². The molecule has 2 aliphatic carbocycles. The molecular weight excluding hydrogens is 348 g/mol. The summed E-state index contributed by atoms with van der Waals surface area (Å²) in [6.07, 6.45) is 3.09. The van der Waals surface area contributed by atoms with Gasteiger partial charge >= 0.3 is 0 Å². The van der Waals surface area contributed by atoms with Crippen molar-refractivity contribution in [3.63, 3.8) is 0 Å². The molecule has 3 fully saturated rings. The molecule has 1 N–H and O–H groups in total. The SMILES string of the molecule is COc1ccc(NC(=O)C2(C3(C(=O)N4CCOCC4)CC3)CC2)c(OC)c1. The summed E-state index contributed by atoms with van der Waals surface area (Å²) in [5, 5.41) is 3.00. The first-order valence-corrected chi connectivity index (χ1v) is 9.47. The Labute approximate surface area is 158 Å². The number of methoxy groups -OCH3 is 2. The minimum atomic E-state index is -0.590. The largest absolute Gasteiger partial charge is 0.497 e. The highest BCUT2D eigenvalue weighted by Crippen LogP contribution is 2.71. The number of carbonyl (C=O) groups is 2. The lowest BCUT2D eigenvalue weighted by Crippen LogP contribution is -2.49. The molecule has 2 saturated carbocycles. The summed E-state index contributed by atoms with van der Waals surface area (Å²) in [6.45, 7) is 2.38. The molecule has 1 saturated heterocycles. The first kappa shape index (κ1) is 18.1. The lowest BCUT2D eigenvalue weighted by atomic mass is 9.83. The topological polar surface area (TPSA) is 77.1 Å². The maximum atomic E-state index is 13.2. The standard InChI is InChI=1S/C20H26N2O5/c1-25-14-3-4-15(16(13-14)26-2)21-17(23)19(5-6-19)20(7-8-20)18(24)22-9-11-27-12-10-22/h3-4,13H,5-12H2,1-2H3,(H,21,23). The summed E-state index contributed by atoms with van der Waals surface area (Å²) >= 11 is 0. The van der Waals surface area contributed by atoms with Crippen LogP contribution in [0, 0.1) is 10.8 Å². The van der Waals surface area contributed by atoms with Gasteiger partial charge in [-0.15, -0.1) is 0 Å². The molecule has 1 aromatic carbocycles. The average Bonchev–Trinajstić information content (AvgIpc) is 3.61. The average molecular weight is 374 g/mol. The van der Waals surface area contributed by atoms with Crippen LogP contribution in [-0.2, 0) is 14.3 Å². The highest BCUT2D eigenvalue weighted by Gasteiger charge is 2.73. The number of anilines is 1. The monoisotopic (exact) mass is 374 g/mol. The highest BCUT2D eigenvalue weighted by molar-refractivity contribution is 6.04. The normalized spacial score (nSPS) is 21.9. The van der Waals surface area contributed by atoms with E-state index in [4.69, 9.17) is 14.2 Å². The van der Waals surface area contributed by atoms with Gasteiger partial charge in [-0.1, -0.05) is 0 Å². The molecule has 2 amide bonds. The van der Waals surface area contributed by atoms with E-state index in [1.165, 1.54) is 0 Å². The van der Waals surface area contributed by atoms with E-state index in [0.29, 0.717) is 43.5 Å². The second-order valence-corrected chi connectivity index (χ2v) is 7.59. The fourth-order valence-electron chi connectivity index (χ4n) is 4.28. The number of hydrogen-bond acceptors (Lipinski definition) is 5. The highest BCUT2D eigenvalue weighted by atomic mass is 16.5. The molecular formula is C20H26N2O5. The Morgan fingerprint density at radius 2 is 1.70 bits per heavy atom. The van der Waals surface area contributed by atoms with Gasteiger partial charge in [0.05, 0.1) is 44.0 Å². The molecule has 0 radical (unpaired) electrons. The molecule has 1 heterocycles. The zero-order chi connectivity index (χ0) is 19.1. The molecule has 0 bridgehead atoms. The molecule has 7 nitrogen and oxygen atoms in total. The number of carbonyl (C=O) groups excluding carboxylic acids is 2. The van der Waals surface area contributed by atoms with Gasteiger partial charge in [-0.3, -0.25) is 9.59 Å². The Bertz CT molecular complexity index is 749. The number of amides is 2. The van der Waals surface area contributed by atoms with Crippen LogP contribution >= 0.6 is 0 Å². The van der Waals surface area contributed by atoms with Crippen LogP contribution < -0.4 is 14.8 Å². The van der Waals surface area contributed by atoms with Crippen molar-refractivity contribution >= 4 is 17.5 Å². The van der Waals surface area contributed by atoms with Crippen LogP contribution in [0.3, 0.4) is 0 Å². The molecule has 3 aliphatic rings. The van der Waals surface area contributed by atoms with Crippen molar-refractivity contribution in [2.24, 2.45) is 10.8 Å². The number of benzene rings is 1. The van der Waals surface area contributed by atoms with Gasteiger partial charge in [0.2, 0.25) is 11.8 Å². The molecule has 4 rings (SSSR count). The number of hydrogen-bond donors (Lipinski definition) is 1. The van der Waals surface area contributed by atoms with Gasteiger partial charge in [-0.2, -0.15) is 0 Å². The van der Waals surface area contributed by atoms with Crippen molar-refractivity contribution in [1.82, 2.24) is 4.90 Å². The molecule has 7 heteroatoms. The number of nitrogens with one attached hydrogen (secondary N) is 1. The van der Waals surface area contributed by atoms with Crippen molar-refractivity contribution in [1.29, 1.82) is 0 Å². The van der Waals surface area contributed by atoms with Crippen molar-refractivity contribution in [3.8, 4) is 11.5 Å². The Morgan fingerprint density at radius 1 is 1.04 bits per heavy atom. The first-order valence-electron chi connectivity index (χ1n) is 9.47. The minimum Gasteiger partial charge on any atom is -0.497 e. The van der Waals surface area contributed by atoms with Crippen molar-refractivity contribution in [2.75, 3.05) is 45.8 Å². The molecule has 0 atom stereocenters. The molecule has 1 aromatic rings. The smallest absolute Gasteiger partial charge is 0.231 e. The number of ether oxygens (including phenoxy) is 3. The van der Waals surface area contributed by atoms with E-state index in [1.54, 1.807) is 32.4 Å². The maximum absolute atomic E-state index is 13.2. The summed E-state index contributed by atoms with van der Waals surface area (Å²) in [4.78, 5) is 28.3. The summed E-state index contributed by atoms with van der Waals surface area (Å²) in [5.41, 5.74) is -0.522. The van der Waals surface area contributed by atoms with E-state index >= 15 is 0 Å². The van der Waals surface area contributed by atoms with Crippen molar-refractivity contribution in [2.45, 2.75) is 25.7 Å². The van der Waals surface area contributed by atoms with Crippen molar-refractivity contribution in [3.05, 3.63) is 18.2 Å². The van der Waals surface area contributed by atoms with Crippen LogP contribution in [0.5, 0.6) is 11.5 Å². The van der Waals surface area contributed by atoms with E-state index in [9.17, 15) is 9.59 Å². The third-order valence-corrected chi connectivity index (χ3v) is 6.22. The summed E-state index contributed by atoms with van der Waals surface area (Å²) in [5.74, 6) is 1.25. The second kappa shape index (κ2) is 6.71. The summed E-state index contributed by atoms with van der Waals surface area (Å²) < 4.78 is 15.9. The third kappa shape index (κ3) is 2.94. The van der Waals surface area contributed by atoms with Gasteiger partial charge < -0.3 is 24.4 Å². The van der Waals surface area contributed by atoms with Gasteiger partial charge in [0.15, 0.2) is 0 Å². The van der Waals surface area contributed by atoms with Crippen LogP contribution in [0.2, 0.25) is 0 Å². The molecule has 0 spiro atoms. The fraction of sp³-hybridized carbons (Fsp3) is 0.600. The Balaban J connectivity index is 1.53. The van der Waals surface area contributed by atoms with E-state index in [2.05, 4.69) is 5.32 Å². The summed E-state index contributed by atoms with van der Waals surface area (Å²) in [7, 11) is 3.14. The maximum Gasteiger partial charge on any atom is 0.231 e. The summed E-state index contributed by atoms with van der Waals surface area (Å²) in [6, 6.07) is 5.29. The van der Waals surface area contributed by atoms with Gasteiger partial charge in [-0.25, -0.2) is 0 Å². The Hall–Kier alpha value is -2.28. The third-order valence-electron chi connectivity index (χ3n) is 6.22. The lowest BCUT2D eigenvalue weighted by molar-refractivity contribution is -0.147.